The van der Waals surface area contributed by atoms with Gasteiger partial charge in [-0.15, -0.1) is 0 Å². The van der Waals surface area contributed by atoms with Crippen molar-refractivity contribution in [2.24, 2.45) is 10.9 Å². The number of oxime groups is 1. The second kappa shape index (κ2) is 5.69. The molecule has 6 heteroatoms. The van der Waals surface area contributed by atoms with Crippen LogP contribution in [0.5, 0.6) is 0 Å². The molecule has 0 saturated heterocycles. The van der Waals surface area contributed by atoms with Gasteiger partial charge in [-0.2, -0.15) is 0 Å². The number of hydrogen-bond donors (Lipinski definition) is 2. The lowest BCUT2D eigenvalue weighted by molar-refractivity contribution is 0.317. The first-order valence-electron chi connectivity index (χ1n) is 4.84. The molecule has 88 valence electrons. The molecule has 0 bridgehead atoms. The van der Waals surface area contributed by atoms with Gasteiger partial charge >= 0.3 is 0 Å². The van der Waals surface area contributed by atoms with Crippen molar-refractivity contribution >= 4 is 27.6 Å². The minimum Gasteiger partial charge on any atom is -0.409 e. The predicted octanol–water partition coefficient (Wildman–Crippen LogP) is 1.73. The maximum atomic E-state index is 8.43. The van der Waals surface area contributed by atoms with Crippen molar-refractivity contribution in [2.75, 3.05) is 18.5 Å². The van der Waals surface area contributed by atoms with Crippen molar-refractivity contribution < 1.29 is 5.21 Å². The molecule has 16 heavy (non-hydrogen) atoms. The van der Waals surface area contributed by atoms with Gasteiger partial charge < -0.3 is 15.8 Å². The molecule has 1 rings (SSSR count). The lowest BCUT2D eigenvalue weighted by atomic mass is 10.3. The molecule has 1 aromatic rings. The van der Waals surface area contributed by atoms with Crippen LogP contribution in [0.25, 0.3) is 0 Å². The van der Waals surface area contributed by atoms with Gasteiger partial charge in [-0.3, -0.25) is 0 Å². The molecule has 0 aliphatic heterocycles. The Morgan fingerprint density at radius 1 is 1.69 bits per heavy atom. The molecule has 0 saturated carbocycles. The summed E-state index contributed by atoms with van der Waals surface area (Å²) < 4.78 is 0.939. The highest BCUT2D eigenvalue weighted by molar-refractivity contribution is 9.10. The van der Waals surface area contributed by atoms with Gasteiger partial charge in [0, 0.05) is 26.2 Å². The van der Waals surface area contributed by atoms with Crippen molar-refractivity contribution in [3.05, 3.63) is 22.3 Å². The zero-order chi connectivity index (χ0) is 12.1. The summed E-state index contributed by atoms with van der Waals surface area (Å²) in [5, 5.41) is 11.4. The fraction of sp³-hybridized carbons (Fsp3) is 0.400. The van der Waals surface area contributed by atoms with Crippen LogP contribution in [0.1, 0.15) is 12.0 Å². The van der Waals surface area contributed by atoms with E-state index in [-0.39, 0.29) is 5.84 Å². The van der Waals surface area contributed by atoms with Crippen molar-refractivity contribution in [1.29, 1.82) is 0 Å². The number of halogens is 1. The molecule has 0 aromatic carbocycles. The summed E-state index contributed by atoms with van der Waals surface area (Å²) in [4.78, 5) is 6.26. The summed E-state index contributed by atoms with van der Waals surface area (Å²) in [6.45, 7) is 2.63. The first-order chi connectivity index (χ1) is 7.54. The van der Waals surface area contributed by atoms with E-state index in [0.29, 0.717) is 13.0 Å². The molecule has 0 fully saturated rings. The van der Waals surface area contributed by atoms with E-state index in [1.165, 1.54) is 0 Å². The van der Waals surface area contributed by atoms with Gasteiger partial charge in [-0.05, 0) is 34.5 Å². The van der Waals surface area contributed by atoms with Gasteiger partial charge in [0.1, 0.15) is 11.7 Å². The predicted molar refractivity (Wildman–Crippen MR) is 68.0 cm³/mol. The first kappa shape index (κ1) is 12.8. The summed E-state index contributed by atoms with van der Waals surface area (Å²) in [5.74, 6) is 1.06. The van der Waals surface area contributed by atoms with Crippen LogP contribution < -0.4 is 10.6 Å². The SMILES string of the molecule is Cc1cnc(N(C)CCC(N)=NO)c(Br)c1. The Balaban J connectivity index is 2.69. The summed E-state index contributed by atoms with van der Waals surface area (Å²) in [5.41, 5.74) is 6.50. The Morgan fingerprint density at radius 2 is 2.38 bits per heavy atom. The van der Waals surface area contributed by atoms with E-state index in [9.17, 15) is 0 Å². The molecule has 1 heterocycles. The normalized spacial score (nSPS) is 11.6. The summed E-state index contributed by atoms with van der Waals surface area (Å²) >= 11 is 3.46. The van der Waals surface area contributed by atoms with E-state index < -0.39 is 0 Å². The van der Waals surface area contributed by atoms with Gasteiger partial charge in [-0.1, -0.05) is 5.16 Å². The molecule has 0 radical (unpaired) electrons. The Morgan fingerprint density at radius 3 is 2.94 bits per heavy atom. The Labute approximate surface area is 103 Å². The van der Waals surface area contributed by atoms with Crippen LogP contribution in [0.15, 0.2) is 21.9 Å². The van der Waals surface area contributed by atoms with Crippen LogP contribution in [0.3, 0.4) is 0 Å². The molecule has 5 nitrogen and oxygen atoms in total. The van der Waals surface area contributed by atoms with Gasteiger partial charge in [0.05, 0.1) is 4.47 Å². The smallest absolute Gasteiger partial charge is 0.142 e. The van der Waals surface area contributed by atoms with Crippen LogP contribution in [0.2, 0.25) is 0 Å². The van der Waals surface area contributed by atoms with Crippen LogP contribution >= 0.6 is 15.9 Å². The number of aromatic nitrogens is 1. The van der Waals surface area contributed by atoms with Crippen molar-refractivity contribution in [3.8, 4) is 0 Å². The summed E-state index contributed by atoms with van der Waals surface area (Å²) in [7, 11) is 1.91. The van der Waals surface area contributed by atoms with Gasteiger partial charge in [0.15, 0.2) is 0 Å². The fourth-order valence-electron chi connectivity index (χ4n) is 1.25. The maximum absolute atomic E-state index is 8.43. The zero-order valence-electron chi connectivity index (χ0n) is 9.31. The van der Waals surface area contributed by atoms with Gasteiger partial charge in [0.2, 0.25) is 0 Å². The largest absolute Gasteiger partial charge is 0.409 e. The minimum absolute atomic E-state index is 0.218. The molecule has 0 unspecified atom stereocenters. The molecule has 3 N–H and O–H groups in total. The van der Waals surface area contributed by atoms with E-state index in [1.807, 2.05) is 24.9 Å². The molecule has 0 amide bonds. The van der Waals surface area contributed by atoms with Crippen LogP contribution in [-0.4, -0.2) is 29.6 Å². The molecule has 1 aromatic heterocycles. The highest BCUT2D eigenvalue weighted by Crippen LogP contribution is 2.23. The van der Waals surface area contributed by atoms with Crippen LogP contribution in [0, 0.1) is 6.92 Å². The molecule has 0 aliphatic rings. The second-order valence-corrected chi connectivity index (χ2v) is 4.44. The number of nitrogens with two attached hydrogens (primary N) is 1. The lowest BCUT2D eigenvalue weighted by Gasteiger charge is -2.19. The number of anilines is 1. The average molecular weight is 287 g/mol. The van der Waals surface area contributed by atoms with E-state index >= 15 is 0 Å². The number of nitrogens with zero attached hydrogens (tertiary/aromatic N) is 3. The Hall–Kier alpha value is -1.30. The third-order valence-corrected chi connectivity index (χ3v) is 2.74. The Bertz CT molecular complexity index is 394. The van der Waals surface area contributed by atoms with Crippen LogP contribution in [0.4, 0.5) is 5.82 Å². The van der Waals surface area contributed by atoms with E-state index in [2.05, 4.69) is 26.1 Å². The Kier molecular flexibility index (Phi) is 4.54. The van der Waals surface area contributed by atoms with Crippen LogP contribution in [-0.2, 0) is 0 Å². The first-order valence-corrected chi connectivity index (χ1v) is 5.63. The average Bonchev–Trinajstić information content (AvgIpc) is 2.25. The molecule has 0 aliphatic carbocycles. The van der Waals surface area contributed by atoms with E-state index in [4.69, 9.17) is 10.9 Å². The fourth-order valence-corrected chi connectivity index (χ4v) is 2.01. The highest BCUT2D eigenvalue weighted by Gasteiger charge is 2.07. The molecule has 0 spiro atoms. The second-order valence-electron chi connectivity index (χ2n) is 3.58. The maximum Gasteiger partial charge on any atom is 0.142 e. The third-order valence-electron chi connectivity index (χ3n) is 2.15. The highest BCUT2D eigenvalue weighted by atomic mass is 79.9. The number of amidine groups is 1. The van der Waals surface area contributed by atoms with Crippen molar-refractivity contribution in [2.45, 2.75) is 13.3 Å². The molecular weight excluding hydrogens is 272 g/mol. The monoisotopic (exact) mass is 286 g/mol. The van der Waals surface area contributed by atoms with Gasteiger partial charge in [-0.25, -0.2) is 4.98 Å². The number of hydrogen-bond acceptors (Lipinski definition) is 4. The summed E-state index contributed by atoms with van der Waals surface area (Å²) in [6.07, 6.45) is 2.30. The van der Waals surface area contributed by atoms with E-state index in [1.54, 1.807) is 6.20 Å². The van der Waals surface area contributed by atoms with Crippen molar-refractivity contribution in [3.63, 3.8) is 0 Å². The molecule has 0 atom stereocenters. The standard InChI is InChI=1S/C10H15BrN4O/c1-7-5-8(11)10(13-6-7)15(2)4-3-9(12)14-16/h5-6,16H,3-4H2,1-2H3,(H2,12,14). The number of pyridine rings is 1. The topological polar surface area (TPSA) is 74.7 Å². The number of rotatable bonds is 4. The number of aryl methyl sites for hydroxylation is 1. The van der Waals surface area contributed by atoms with E-state index in [0.717, 1.165) is 15.9 Å². The van der Waals surface area contributed by atoms with Crippen molar-refractivity contribution in [1.82, 2.24) is 4.98 Å². The zero-order valence-corrected chi connectivity index (χ0v) is 10.9. The minimum atomic E-state index is 0.218. The quantitative estimate of drug-likeness (QED) is 0.383. The lowest BCUT2D eigenvalue weighted by Crippen LogP contribution is -2.25. The third kappa shape index (κ3) is 3.37. The molecular formula is C10H15BrN4O. The van der Waals surface area contributed by atoms with Gasteiger partial charge in [0.25, 0.3) is 0 Å². The summed E-state index contributed by atoms with van der Waals surface area (Å²) in [6, 6.07) is 2.00.